The molecule has 3 rings (SSSR count). The molecule has 1 atom stereocenters. The topological polar surface area (TPSA) is 66.6 Å². The minimum atomic E-state index is -1.14. The number of carbonyl (C=O) groups excluding carboxylic acids is 2. The average molecular weight is 426 g/mol. The molecule has 1 fully saturated rings. The molecule has 5 nitrogen and oxygen atoms in total. The Balaban J connectivity index is 0.00000280. The van der Waals surface area contributed by atoms with Gasteiger partial charge in [-0.2, -0.15) is 0 Å². The number of carbonyl (C=O) groups is 2. The van der Waals surface area contributed by atoms with E-state index in [-0.39, 0.29) is 28.9 Å². The second-order valence-corrected chi connectivity index (χ2v) is 7.21. The molecule has 0 aliphatic carbocycles. The number of hydrogen-bond donors (Lipinski definition) is 1. The molecule has 28 heavy (non-hydrogen) atoms. The van der Waals surface area contributed by atoms with E-state index in [0.717, 1.165) is 11.6 Å². The lowest BCUT2D eigenvalue weighted by atomic mass is 9.91. The fraction of sp³-hybridized carbons (Fsp3) is 0.300. The quantitative estimate of drug-likeness (QED) is 0.821. The first kappa shape index (κ1) is 22.1. The molecule has 0 bridgehead atoms. The van der Waals surface area contributed by atoms with Gasteiger partial charge in [0.25, 0.3) is 5.91 Å². The van der Waals surface area contributed by atoms with Crippen molar-refractivity contribution in [2.75, 3.05) is 26.2 Å². The van der Waals surface area contributed by atoms with Crippen molar-refractivity contribution >= 4 is 35.8 Å². The maximum Gasteiger partial charge on any atom is 0.256 e. The summed E-state index contributed by atoms with van der Waals surface area (Å²) in [6.07, 6.45) is 0. The minimum Gasteiger partial charge on any atom is -0.337 e. The van der Waals surface area contributed by atoms with E-state index in [1.807, 2.05) is 30.3 Å². The van der Waals surface area contributed by atoms with Crippen LogP contribution in [-0.4, -0.2) is 47.8 Å². The lowest BCUT2D eigenvalue weighted by molar-refractivity contribution is -0.138. The molecule has 0 radical (unpaired) electrons. The maximum absolute atomic E-state index is 14.0. The first-order valence-corrected chi connectivity index (χ1v) is 9.06. The zero-order valence-corrected chi connectivity index (χ0v) is 17.0. The zero-order chi connectivity index (χ0) is 19.6. The number of nitrogens with two attached hydrogens (primary N) is 1. The number of amides is 2. The Morgan fingerprint density at radius 3 is 2.18 bits per heavy atom. The average Bonchev–Trinajstić information content (AvgIpc) is 2.68. The summed E-state index contributed by atoms with van der Waals surface area (Å²) in [6, 6.07) is 13.2. The van der Waals surface area contributed by atoms with Gasteiger partial charge in [0, 0.05) is 31.2 Å². The van der Waals surface area contributed by atoms with Crippen molar-refractivity contribution in [3.63, 3.8) is 0 Å². The van der Waals surface area contributed by atoms with Crippen LogP contribution < -0.4 is 5.73 Å². The number of benzene rings is 2. The lowest BCUT2D eigenvalue weighted by Crippen LogP contribution is -2.57. The summed E-state index contributed by atoms with van der Waals surface area (Å²) in [6.45, 7) is 3.01. The molecular formula is C20H22Cl2FN3O2. The van der Waals surface area contributed by atoms with Gasteiger partial charge < -0.3 is 15.5 Å². The third-order valence-corrected chi connectivity index (χ3v) is 5.07. The highest BCUT2D eigenvalue weighted by atomic mass is 35.5. The molecule has 0 saturated carbocycles. The Bertz CT molecular complexity index is 854. The largest absolute Gasteiger partial charge is 0.337 e. The SMILES string of the molecule is CC(N)(C(=O)N1CCN(C(=O)c2ccc(Cl)cc2F)CC1)c1ccccc1.Cl. The van der Waals surface area contributed by atoms with Crippen LogP contribution in [0.25, 0.3) is 0 Å². The normalized spacial score (nSPS) is 16.1. The summed E-state index contributed by atoms with van der Waals surface area (Å²) in [5.41, 5.74) is 5.87. The van der Waals surface area contributed by atoms with Gasteiger partial charge in [0.05, 0.1) is 5.56 Å². The van der Waals surface area contributed by atoms with Gasteiger partial charge >= 0.3 is 0 Å². The molecule has 0 spiro atoms. The Labute approximate surface area is 174 Å². The Morgan fingerprint density at radius 1 is 1.04 bits per heavy atom. The second kappa shape index (κ2) is 8.90. The fourth-order valence-corrected chi connectivity index (χ4v) is 3.34. The third kappa shape index (κ3) is 4.46. The monoisotopic (exact) mass is 425 g/mol. The van der Waals surface area contributed by atoms with Crippen LogP contribution in [0.2, 0.25) is 5.02 Å². The predicted molar refractivity (Wildman–Crippen MR) is 109 cm³/mol. The predicted octanol–water partition coefficient (Wildman–Crippen LogP) is 3.06. The lowest BCUT2D eigenvalue weighted by Gasteiger charge is -2.38. The molecule has 1 aliphatic heterocycles. The molecule has 150 valence electrons. The van der Waals surface area contributed by atoms with E-state index in [9.17, 15) is 14.0 Å². The molecule has 0 aromatic heterocycles. The molecule has 1 aliphatic rings. The standard InChI is InChI=1S/C20H21ClFN3O2.ClH/c1-20(23,14-5-3-2-4-6-14)19(27)25-11-9-24(10-12-25)18(26)16-8-7-15(21)13-17(16)22;/h2-8,13H,9-12,23H2,1H3;1H. The first-order chi connectivity index (χ1) is 12.8. The van der Waals surface area contributed by atoms with Crippen LogP contribution in [0.1, 0.15) is 22.8 Å². The highest BCUT2D eigenvalue weighted by Gasteiger charge is 2.36. The maximum atomic E-state index is 14.0. The number of rotatable bonds is 3. The molecule has 1 saturated heterocycles. The Kier molecular flexibility index (Phi) is 7.04. The number of nitrogens with zero attached hydrogens (tertiary/aromatic N) is 2. The minimum absolute atomic E-state index is 0. The molecular weight excluding hydrogens is 404 g/mol. The van der Waals surface area contributed by atoms with Gasteiger partial charge in [-0.15, -0.1) is 12.4 Å². The van der Waals surface area contributed by atoms with E-state index in [1.165, 1.54) is 17.0 Å². The summed E-state index contributed by atoms with van der Waals surface area (Å²) in [7, 11) is 0. The van der Waals surface area contributed by atoms with E-state index in [4.69, 9.17) is 17.3 Å². The summed E-state index contributed by atoms with van der Waals surface area (Å²) in [4.78, 5) is 28.6. The number of halogens is 3. The smallest absolute Gasteiger partial charge is 0.256 e. The van der Waals surface area contributed by atoms with Gasteiger partial charge in [-0.1, -0.05) is 41.9 Å². The number of hydrogen-bond acceptors (Lipinski definition) is 3. The third-order valence-electron chi connectivity index (χ3n) is 4.83. The summed E-state index contributed by atoms with van der Waals surface area (Å²) in [5.74, 6) is -1.25. The molecule has 2 amide bonds. The molecule has 2 N–H and O–H groups in total. The van der Waals surface area contributed by atoms with Crippen LogP contribution in [0.15, 0.2) is 48.5 Å². The summed E-state index contributed by atoms with van der Waals surface area (Å²) >= 11 is 5.73. The van der Waals surface area contributed by atoms with Crippen molar-refractivity contribution in [3.05, 3.63) is 70.5 Å². The Hall–Kier alpha value is -2.15. The van der Waals surface area contributed by atoms with Gasteiger partial charge in [0.2, 0.25) is 5.91 Å². The van der Waals surface area contributed by atoms with Crippen LogP contribution in [0.4, 0.5) is 4.39 Å². The summed E-state index contributed by atoms with van der Waals surface area (Å²) < 4.78 is 14.0. The van der Waals surface area contributed by atoms with Crippen molar-refractivity contribution in [1.82, 2.24) is 9.80 Å². The second-order valence-electron chi connectivity index (χ2n) is 6.78. The van der Waals surface area contributed by atoms with Crippen LogP contribution in [0.3, 0.4) is 0 Å². The Morgan fingerprint density at radius 2 is 1.61 bits per heavy atom. The van der Waals surface area contributed by atoms with Crippen molar-refractivity contribution in [2.24, 2.45) is 5.73 Å². The van der Waals surface area contributed by atoms with Crippen molar-refractivity contribution in [3.8, 4) is 0 Å². The highest BCUT2D eigenvalue weighted by molar-refractivity contribution is 6.30. The molecule has 2 aromatic carbocycles. The van der Waals surface area contributed by atoms with Gasteiger partial charge in [0.15, 0.2) is 0 Å². The first-order valence-electron chi connectivity index (χ1n) is 8.69. The molecule has 1 unspecified atom stereocenters. The van der Waals surface area contributed by atoms with Crippen LogP contribution >= 0.6 is 24.0 Å². The van der Waals surface area contributed by atoms with E-state index >= 15 is 0 Å². The number of piperazine rings is 1. The molecule has 1 heterocycles. The molecule has 2 aromatic rings. The fourth-order valence-electron chi connectivity index (χ4n) is 3.18. The van der Waals surface area contributed by atoms with Gasteiger partial charge in [0.1, 0.15) is 11.4 Å². The van der Waals surface area contributed by atoms with Crippen molar-refractivity contribution in [2.45, 2.75) is 12.5 Å². The van der Waals surface area contributed by atoms with E-state index in [1.54, 1.807) is 11.8 Å². The summed E-state index contributed by atoms with van der Waals surface area (Å²) in [5, 5.41) is 0.239. The van der Waals surface area contributed by atoms with Gasteiger partial charge in [-0.05, 0) is 30.7 Å². The van der Waals surface area contributed by atoms with Crippen molar-refractivity contribution in [1.29, 1.82) is 0 Å². The van der Waals surface area contributed by atoms with Crippen LogP contribution in [0.5, 0.6) is 0 Å². The van der Waals surface area contributed by atoms with Crippen LogP contribution in [-0.2, 0) is 10.3 Å². The van der Waals surface area contributed by atoms with E-state index in [0.29, 0.717) is 26.2 Å². The van der Waals surface area contributed by atoms with E-state index in [2.05, 4.69) is 0 Å². The highest BCUT2D eigenvalue weighted by Crippen LogP contribution is 2.22. The zero-order valence-electron chi connectivity index (χ0n) is 15.4. The van der Waals surface area contributed by atoms with E-state index < -0.39 is 17.3 Å². The van der Waals surface area contributed by atoms with Crippen molar-refractivity contribution < 1.29 is 14.0 Å². The van der Waals surface area contributed by atoms with Gasteiger partial charge in [-0.25, -0.2) is 4.39 Å². The molecule has 8 heteroatoms. The van der Waals surface area contributed by atoms with Gasteiger partial charge in [-0.3, -0.25) is 9.59 Å². The van der Waals surface area contributed by atoms with Crippen LogP contribution in [0, 0.1) is 5.82 Å².